The van der Waals surface area contributed by atoms with Gasteiger partial charge in [-0.1, -0.05) is 0 Å². The fourth-order valence-electron chi connectivity index (χ4n) is 6.93. The van der Waals surface area contributed by atoms with Gasteiger partial charge in [-0.05, 0) is 63.8 Å². The first-order valence-corrected chi connectivity index (χ1v) is 20.8. The number of imidazole rings is 2. The molecule has 23 nitrogen and oxygen atoms in total. The molecule has 23 heteroatoms. The Hall–Kier alpha value is -8.21. The van der Waals surface area contributed by atoms with Crippen molar-refractivity contribution >= 4 is 70.0 Å². The minimum Gasteiger partial charge on any atom is -0.351 e. The third kappa shape index (κ3) is 11.7. The summed E-state index contributed by atoms with van der Waals surface area (Å²) in [7, 11) is 13.9. The lowest BCUT2D eigenvalue weighted by Crippen LogP contribution is -2.28. The summed E-state index contributed by atoms with van der Waals surface area (Å²) >= 11 is 0. The van der Waals surface area contributed by atoms with E-state index in [0.717, 1.165) is 13.0 Å². The predicted molar refractivity (Wildman–Crippen MR) is 246 cm³/mol. The van der Waals surface area contributed by atoms with E-state index in [1.54, 1.807) is 104 Å². The highest BCUT2D eigenvalue weighted by atomic mass is 16.2. The van der Waals surface area contributed by atoms with Crippen LogP contribution < -0.4 is 37.2 Å². The molecule has 6 aromatic heterocycles. The van der Waals surface area contributed by atoms with Gasteiger partial charge in [0.15, 0.2) is 11.6 Å². The summed E-state index contributed by atoms with van der Waals surface area (Å²) < 4.78 is 9.30. The maximum atomic E-state index is 13.3. The van der Waals surface area contributed by atoms with E-state index < -0.39 is 23.6 Å². The van der Waals surface area contributed by atoms with Crippen molar-refractivity contribution < 1.29 is 33.6 Å². The van der Waals surface area contributed by atoms with E-state index in [4.69, 9.17) is 0 Å². The van der Waals surface area contributed by atoms with Crippen LogP contribution in [0.3, 0.4) is 0 Å². The predicted octanol–water partition coefficient (Wildman–Crippen LogP) is 2.35. The van der Waals surface area contributed by atoms with Crippen molar-refractivity contribution in [1.29, 1.82) is 0 Å². The van der Waals surface area contributed by atoms with E-state index in [9.17, 15) is 33.6 Å². The molecule has 0 saturated carbocycles. The normalized spacial score (nSPS) is 11.0. The van der Waals surface area contributed by atoms with Crippen LogP contribution >= 0.6 is 0 Å². The van der Waals surface area contributed by atoms with Gasteiger partial charge in [0.1, 0.15) is 22.8 Å². The van der Waals surface area contributed by atoms with Crippen LogP contribution in [-0.4, -0.2) is 117 Å². The number of aryl methyl sites for hydroxylation is 6. The lowest BCUT2D eigenvalue weighted by molar-refractivity contribution is -0.116. The SMILES string of the molecule is CN(C)CCCNC(=O)c1cc(NC(=O)c2cc(NC(=O)c3cc(NC(=O)CCCNC(=O)c4nc(NC(=O)c5nc(NC(=O)c6cccn6C)cn5C)cn4C)cn3C)cn2C)cn1C. The van der Waals surface area contributed by atoms with E-state index in [0.29, 0.717) is 35.0 Å². The number of carbonyl (C=O) groups excluding carboxylic acids is 7. The van der Waals surface area contributed by atoms with E-state index >= 15 is 0 Å². The smallest absolute Gasteiger partial charge is 0.292 e. The van der Waals surface area contributed by atoms with Crippen LogP contribution in [0.25, 0.3) is 0 Å². The molecule has 0 spiro atoms. The number of aromatic nitrogens is 8. The van der Waals surface area contributed by atoms with Crippen LogP contribution in [0.2, 0.25) is 0 Å². The lowest BCUT2D eigenvalue weighted by Gasteiger charge is -2.10. The molecule has 0 bridgehead atoms. The molecule has 6 heterocycles. The zero-order valence-corrected chi connectivity index (χ0v) is 38.0. The fourth-order valence-corrected chi connectivity index (χ4v) is 6.93. The Morgan fingerprint density at radius 3 is 1.47 bits per heavy atom. The lowest BCUT2D eigenvalue weighted by atomic mass is 10.3. The van der Waals surface area contributed by atoms with E-state index in [1.807, 2.05) is 19.0 Å². The quantitative estimate of drug-likeness (QED) is 0.0584. The molecule has 0 aliphatic heterocycles. The number of nitrogens with zero attached hydrogens (tertiary/aromatic N) is 9. The topological polar surface area (TPSA) is 262 Å². The van der Waals surface area contributed by atoms with Crippen LogP contribution in [0.15, 0.2) is 67.5 Å². The van der Waals surface area contributed by atoms with Gasteiger partial charge >= 0.3 is 0 Å². The summed E-state index contributed by atoms with van der Waals surface area (Å²) in [5, 5.41) is 19.3. The maximum absolute atomic E-state index is 13.3. The Labute approximate surface area is 379 Å². The maximum Gasteiger partial charge on any atom is 0.292 e. The van der Waals surface area contributed by atoms with Crippen LogP contribution in [0.4, 0.5) is 28.7 Å². The van der Waals surface area contributed by atoms with Gasteiger partial charge in [0, 0.05) is 99.0 Å². The molecule has 0 atom stereocenters. The standard InChI is InChI=1S/C43H54N16O7/c1-53(2)16-11-15-44-38(61)30-19-27(22-55(30)4)47-41(64)32-20-28(23-57(32)6)48-40(63)31-18-26(21-56(31)5)46-35(60)13-9-14-45-42(65)36-49-34(25-58(36)7)52-43(66)37-50-33(24-59(37)8)51-39(62)29-12-10-17-54(29)3/h10,12,17-25H,9,11,13-16H2,1-8H3,(H,44,61)(H,45,65)(H,46,60)(H,47,64)(H,48,63)(H,51,62)(H,52,66). The van der Waals surface area contributed by atoms with Gasteiger partial charge in [0.05, 0.1) is 17.1 Å². The van der Waals surface area contributed by atoms with Crippen LogP contribution in [0.5, 0.6) is 0 Å². The van der Waals surface area contributed by atoms with Gasteiger partial charge in [0.25, 0.3) is 35.4 Å². The monoisotopic (exact) mass is 906 g/mol. The minimum atomic E-state index is -0.611. The number of anilines is 5. The zero-order valence-electron chi connectivity index (χ0n) is 38.0. The average Bonchev–Trinajstić information content (AvgIpc) is 4.11. The summed E-state index contributed by atoms with van der Waals surface area (Å²) in [4.78, 5) is 101. The second-order valence-corrected chi connectivity index (χ2v) is 15.9. The highest BCUT2D eigenvalue weighted by molar-refractivity contribution is 6.08. The highest BCUT2D eigenvalue weighted by Gasteiger charge is 2.22. The number of carbonyl (C=O) groups is 7. The van der Waals surface area contributed by atoms with Crippen molar-refractivity contribution in [3.05, 3.63) is 102 Å². The average molecular weight is 907 g/mol. The Bertz CT molecular complexity index is 2800. The molecule has 348 valence electrons. The molecular formula is C43H54N16O7. The first-order valence-electron chi connectivity index (χ1n) is 20.8. The summed E-state index contributed by atoms with van der Waals surface area (Å²) in [5.74, 6) is -2.73. The fraction of sp³-hybridized carbons (Fsp3) is 0.326. The second kappa shape index (κ2) is 20.5. The third-order valence-electron chi connectivity index (χ3n) is 10.3. The highest BCUT2D eigenvalue weighted by Crippen LogP contribution is 2.20. The number of hydrogen-bond donors (Lipinski definition) is 7. The summed E-state index contributed by atoms with van der Waals surface area (Å²) in [6.07, 6.45) is 10.7. The molecule has 6 rings (SSSR count). The molecule has 0 unspecified atom stereocenters. The molecule has 66 heavy (non-hydrogen) atoms. The van der Waals surface area contributed by atoms with E-state index in [2.05, 4.69) is 47.2 Å². The first kappa shape index (κ1) is 47.3. The largest absolute Gasteiger partial charge is 0.351 e. The van der Waals surface area contributed by atoms with Crippen molar-refractivity contribution in [3.8, 4) is 0 Å². The van der Waals surface area contributed by atoms with Gasteiger partial charge in [-0.25, -0.2) is 9.97 Å². The van der Waals surface area contributed by atoms with Crippen LogP contribution in [0.1, 0.15) is 82.5 Å². The molecule has 6 aromatic rings. The molecule has 0 radical (unpaired) electrons. The number of nitrogens with one attached hydrogen (secondary N) is 7. The van der Waals surface area contributed by atoms with E-state index in [-0.39, 0.29) is 71.8 Å². The van der Waals surface area contributed by atoms with Crippen molar-refractivity contribution in [2.75, 3.05) is 60.3 Å². The molecule has 0 aliphatic carbocycles. The number of rotatable bonds is 19. The van der Waals surface area contributed by atoms with Crippen molar-refractivity contribution in [1.82, 2.24) is 52.9 Å². The molecule has 0 aliphatic rings. The van der Waals surface area contributed by atoms with Crippen LogP contribution in [-0.2, 0) is 47.1 Å². The van der Waals surface area contributed by atoms with Crippen LogP contribution in [0, 0.1) is 0 Å². The van der Waals surface area contributed by atoms with Crippen molar-refractivity contribution in [3.63, 3.8) is 0 Å². The van der Waals surface area contributed by atoms with Gasteiger partial charge in [-0.3, -0.25) is 33.6 Å². The molecule has 0 saturated heterocycles. The Morgan fingerprint density at radius 2 is 0.955 bits per heavy atom. The number of hydrogen-bond acceptors (Lipinski definition) is 10. The van der Waals surface area contributed by atoms with Gasteiger partial charge in [-0.15, -0.1) is 0 Å². The summed E-state index contributed by atoms with van der Waals surface area (Å²) in [6, 6.07) is 8.03. The molecule has 7 N–H and O–H groups in total. The Kier molecular flexibility index (Phi) is 14.7. The Balaban J connectivity index is 0.933. The third-order valence-corrected chi connectivity index (χ3v) is 10.3. The molecular weight excluding hydrogens is 853 g/mol. The minimum absolute atomic E-state index is 0.00133. The Morgan fingerprint density at radius 1 is 0.500 bits per heavy atom. The van der Waals surface area contributed by atoms with Crippen molar-refractivity contribution in [2.24, 2.45) is 42.3 Å². The van der Waals surface area contributed by atoms with E-state index in [1.165, 1.54) is 33.7 Å². The van der Waals surface area contributed by atoms with Gasteiger partial charge in [-0.2, -0.15) is 0 Å². The van der Waals surface area contributed by atoms with Gasteiger partial charge < -0.3 is 69.5 Å². The zero-order chi connectivity index (χ0) is 47.8. The first-order chi connectivity index (χ1) is 31.4. The second-order valence-electron chi connectivity index (χ2n) is 15.9. The molecule has 0 fully saturated rings. The number of amides is 7. The summed E-state index contributed by atoms with van der Waals surface area (Å²) in [5.41, 5.74) is 2.50. The molecule has 0 aromatic carbocycles. The molecule has 7 amide bonds. The van der Waals surface area contributed by atoms with Crippen molar-refractivity contribution in [2.45, 2.75) is 19.3 Å². The summed E-state index contributed by atoms with van der Waals surface area (Å²) in [6.45, 7) is 1.51. The van der Waals surface area contributed by atoms with Gasteiger partial charge in [0.2, 0.25) is 17.6 Å².